The van der Waals surface area contributed by atoms with Crippen LogP contribution in [0.3, 0.4) is 0 Å². The predicted molar refractivity (Wildman–Crippen MR) is 139 cm³/mol. The van der Waals surface area contributed by atoms with Gasteiger partial charge in [0.05, 0.1) is 25.4 Å². The highest BCUT2D eigenvalue weighted by atomic mass is 19.1. The lowest BCUT2D eigenvalue weighted by atomic mass is 9.99. The number of ether oxygens (including phenoxy) is 2. The zero-order valence-electron chi connectivity index (χ0n) is 21.3. The fourth-order valence-corrected chi connectivity index (χ4v) is 5.38. The van der Waals surface area contributed by atoms with Crippen LogP contribution in [0.25, 0.3) is 0 Å². The summed E-state index contributed by atoms with van der Waals surface area (Å²) >= 11 is 0. The van der Waals surface area contributed by atoms with Crippen molar-refractivity contribution in [2.24, 2.45) is 5.92 Å². The van der Waals surface area contributed by atoms with E-state index in [1.54, 1.807) is 12.1 Å². The highest BCUT2D eigenvalue weighted by Gasteiger charge is 2.31. The zero-order chi connectivity index (χ0) is 24.7. The number of unbranched alkanes of at least 4 members (excludes halogenated alkanes) is 1. The van der Waals surface area contributed by atoms with E-state index in [4.69, 9.17) is 14.5 Å². The minimum atomic E-state index is -0.273. The third-order valence-electron chi connectivity index (χ3n) is 7.70. The number of hydrogen-bond acceptors (Lipinski definition) is 6. The van der Waals surface area contributed by atoms with Crippen LogP contribution in [0.2, 0.25) is 0 Å². The Morgan fingerprint density at radius 3 is 2.94 bits per heavy atom. The number of halogens is 1. The molecule has 0 radical (unpaired) electrons. The normalized spacial score (nSPS) is 20.8. The molecule has 0 amide bonds. The van der Waals surface area contributed by atoms with Crippen molar-refractivity contribution in [3.63, 3.8) is 0 Å². The number of anilines is 1. The van der Waals surface area contributed by atoms with Crippen LogP contribution >= 0.6 is 0 Å². The number of pyridine rings is 1. The smallest absolute Gasteiger partial charge is 0.129 e. The zero-order valence-corrected chi connectivity index (χ0v) is 21.3. The quantitative estimate of drug-likeness (QED) is 0.393. The van der Waals surface area contributed by atoms with Crippen molar-refractivity contribution in [1.29, 1.82) is 0 Å². The summed E-state index contributed by atoms with van der Waals surface area (Å²) in [5.74, 6) is 1.48. The Bertz CT molecular complexity index is 1000. The van der Waals surface area contributed by atoms with Gasteiger partial charge in [0, 0.05) is 38.5 Å². The molecule has 1 saturated heterocycles. The van der Waals surface area contributed by atoms with Crippen molar-refractivity contribution in [3.8, 4) is 0 Å². The Morgan fingerprint density at radius 1 is 1.17 bits per heavy atom. The summed E-state index contributed by atoms with van der Waals surface area (Å²) in [7, 11) is 0. The number of likely N-dealkylation sites (tertiary alicyclic amines) is 1. The number of fused-ring (bicyclic) bond motifs is 1. The maximum atomic E-state index is 14.1. The molecule has 196 valence electrons. The number of aryl methyl sites for hydroxylation is 2. The highest BCUT2D eigenvalue weighted by Crippen LogP contribution is 2.32. The van der Waals surface area contributed by atoms with Gasteiger partial charge < -0.3 is 19.9 Å². The number of hydrogen-bond donors (Lipinski definition) is 2. The molecule has 1 saturated carbocycles. The molecule has 5 rings (SSSR count). The Hall–Kier alpha value is -2.06. The average Bonchev–Trinajstić information content (AvgIpc) is 3.61. The third kappa shape index (κ3) is 6.82. The van der Waals surface area contributed by atoms with Crippen molar-refractivity contribution >= 4 is 5.82 Å². The molecule has 2 aromatic rings. The molecule has 0 spiro atoms. The van der Waals surface area contributed by atoms with Gasteiger partial charge >= 0.3 is 0 Å². The van der Waals surface area contributed by atoms with Crippen LogP contribution in [-0.4, -0.2) is 60.5 Å². The number of aromatic nitrogens is 1. The van der Waals surface area contributed by atoms with Gasteiger partial charge in [0.15, 0.2) is 0 Å². The molecular formula is C29H40FN3O3. The molecular weight excluding hydrogens is 457 g/mol. The molecule has 2 N–H and O–H groups in total. The van der Waals surface area contributed by atoms with Crippen molar-refractivity contribution in [1.82, 2.24) is 9.88 Å². The summed E-state index contributed by atoms with van der Waals surface area (Å²) in [4.78, 5) is 7.01. The molecule has 36 heavy (non-hydrogen) atoms. The first-order valence-corrected chi connectivity index (χ1v) is 13.7. The van der Waals surface area contributed by atoms with Crippen LogP contribution in [0.1, 0.15) is 67.0 Å². The van der Waals surface area contributed by atoms with Gasteiger partial charge in [0.1, 0.15) is 11.6 Å². The molecule has 6 nitrogen and oxygen atoms in total. The summed E-state index contributed by atoms with van der Waals surface area (Å²) in [6.45, 7) is 4.51. The van der Waals surface area contributed by atoms with Crippen LogP contribution < -0.4 is 5.32 Å². The average molecular weight is 498 g/mol. The first-order chi connectivity index (χ1) is 17.7. The van der Waals surface area contributed by atoms with Gasteiger partial charge in [-0.15, -0.1) is 0 Å². The molecule has 2 fully saturated rings. The molecule has 7 heteroatoms. The van der Waals surface area contributed by atoms with E-state index in [0.717, 1.165) is 87.6 Å². The molecule has 0 bridgehead atoms. The molecule has 1 unspecified atom stereocenters. The Kier molecular flexibility index (Phi) is 8.85. The molecule has 2 atom stereocenters. The lowest BCUT2D eigenvalue weighted by Crippen LogP contribution is -2.31. The van der Waals surface area contributed by atoms with E-state index in [1.165, 1.54) is 30.9 Å². The number of aliphatic hydroxyl groups excluding tert-OH is 1. The number of aliphatic hydroxyl groups is 1. The second-order valence-electron chi connectivity index (χ2n) is 10.6. The SMILES string of the molecule is OCC(c1cc(F)ccc1COCC1CC1)N1CC[C@@H](OCCCCc2ccc3c(n2)NCCC3)C1. The molecule has 3 aliphatic rings. The van der Waals surface area contributed by atoms with Crippen molar-refractivity contribution in [2.75, 3.05) is 44.8 Å². The first kappa shape index (κ1) is 25.6. The standard InChI is InChI=1S/C29H40FN3O3/c30-24-10-8-23(20-35-19-21-6-7-21)27(16-24)28(18-34)33-14-12-26(17-33)36-15-2-1-5-25-11-9-22-4-3-13-31-29(22)32-25/h8-11,16,21,26,28,34H,1-7,12-15,17-20H2,(H,31,32)/t26-,28?/m1/s1. The second-order valence-corrected chi connectivity index (χ2v) is 10.6. The van der Waals surface area contributed by atoms with E-state index in [9.17, 15) is 9.50 Å². The summed E-state index contributed by atoms with van der Waals surface area (Å²) in [6.07, 6.45) is 8.88. The van der Waals surface area contributed by atoms with E-state index in [0.29, 0.717) is 12.5 Å². The summed E-state index contributed by atoms with van der Waals surface area (Å²) in [5, 5.41) is 13.6. The summed E-state index contributed by atoms with van der Waals surface area (Å²) < 4.78 is 26.2. The van der Waals surface area contributed by atoms with Gasteiger partial charge in [-0.05, 0) is 92.2 Å². The van der Waals surface area contributed by atoms with Gasteiger partial charge in [-0.1, -0.05) is 12.1 Å². The number of nitrogens with one attached hydrogen (secondary N) is 1. The van der Waals surface area contributed by atoms with Gasteiger partial charge in [-0.2, -0.15) is 0 Å². The Balaban J connectivity index is 1.07. The van der Waals surface area contributed by atoms with Gasteiger partial charge in [-0.3, -0.25) is 4.90 Å². The van der Waals surface area contributed by atoms with E-state index >= 15 is 0 Å². The fourth-order valence-electron chi connectivity index (χ4n) is 5.38. The second kappa shape index (κ2) is 12.5. The van der Waals surface area contributed by atoms with Gasteiger partial charge in [-0.25, -0.2) is 9.37 Å². The minimum Gasteiger partial charge on any atom is -0.394 e. The fraction of sp³-hybridized carbons (Fsp3) is 0.621. The molecule has 1 aliphatic carbocycles. The molecule has 1 aromatic carbocycles. The van der Waals surface area contributed by atoms with Crippen molar-refractivity contribution in [2.45, 2.75) is 70.1 Å². The largest absolute Gasteiger partial charge is 0.394 e. The van der Waals surface area contributed by atoms with Crippen molar-refractivity contribution < 1.29 is 19.0 Å². The Morgan fingerprint density at radius 2 is 2.08 bits per heavy atom. The van der Waals surface area contributed by atoms with Gasteiger partial charge in [0.25, 0.3) is 0 Å². The molecule has 2 aliphatic heterocycles. The van der Waals surface area contributed by atoms with Crippen LogP contribution in [0.15, 0.2) is 30.3 Å². The molecule has 1 aromatic heterocycles. The highest BCUT2D eigenvalue weighted by molar-refractivity contribution is 5.47. The predicted octanol–water partition coefficient (Wildman–Crippen LogP) is 4.65. The monoisotopic (exact) mass is 497 g/mol. The number of benzene rings is 1. The minimum absolute atomic E-state index is 0.0472. The first-order valence-electron chi connectivity index (χ1n) is 13.7. The maximum absolute atomic E-state index is 14.1. The summed E-state index contributed by atoms with van der Waals surface area (Å²) in [5.41, 5.74) is 4.27. The number of rotatable bonds is 13. The van der Waals surface area contributed by atoms with Crippen LogP contribution in [-0.2, 0) is 28.9 Å². The molecule has 3 heterocycles. The maximum Gasteiger partial charge on any atom is 0.129 e. The van der Waals surface area contributed by atoms with Crippen molar-refractivity contribution in [3.05, 3.63) is 58.5 Å². The Labute approximate surface area is 214 Å². The third-order valence-corrected chi connectivity index (χ3v) is 7.70. The summed E-state index contributed by atoms with van der Waals surface area (Å²) in [6, 6.07) is 8.99. The van der Waals surface area contributed by atoms with Gasteiger partial charge in [0.2, 0.25) is 0 Å². The van der Waals surface area contributed by atoms with E-state index < -0.39 is 0 Å². The van der Waals surface area contributed by atoms with Crippen LogP contribution in [0.4, 0.5) is 10.2 Å². The lowest BCUT2D eigenvalue weighted by molar-refractivity contribution is 0.0477. The van der Waals surface area contributed by atoms with Crippen LogP contribution in [0.5, 0.6) is 0 Å². The lowest BCUT2D eigenvalue weighted by Gasteiger charge is -2.28. The van der Waals surface area contributed by atoms with E-state index in [2.05, 4.69) is 22.3 Å². The topological polar surface area (TPSA) is 66.9 Å². The van der Waals surface area contributed by atoms with Crippen LogP contribution in [0, 0.1) is 11.7 Å². The number of nitrogens with zero attached hydrogens (tertiary/aromatic N) is 2. The van der Waals surface area contributed by atoms with E-state index in [-0.39, 0.29) is 24.6 Å². The van der Waals surface area contributed by atoms with E-state index in [1.807, 2.05) is 0 Å².